The molecule has 0 aliphatic carbocycles. The SMILES string of the molecule is Cc1c2c(-c3noc(-c4ccc(F)cc4)n3)ncn2c2ccc(Cl)c(C#N)c2[n+]1[O-]. The van der Waals surface area contributed by atoms with E-state index in [0.29, 0.717) is 32.7 Å². The highest BCUT2D eigenvalue weighted by Gasteiger charge is 2.26. The third-order valence-electron chi connectivity index (χ3n) is 4.82. The molecule has 8 nitrogen and oxygen atoms in total. The predicted octanol–water partition coefficient (Wildman–Crippen LogP) is 3.81. The van der Waals surface area contributed by atoms with Crippen molar-refractivity contribution >= 4 is 28.2 Å². The van der Waals surface area contributed by atoms with E-state index < -0.39 is 0 Å². The van der Waals surface area contributed by atoms with Gasteiger partial charge in [-0.05, 0) is 36.4 Å². The summed E-state index contributed by atoms with van der Waals surface area (Å²) in [5.41, 5.74) is 2.35. The molecule has 30 heavy (non-hydrogen) atoms. The van der Waals surface area contributed by atoms with Crippen LogP contribution in [0.2, 0.25) is 5.02 Å². The molecule has 0 saturated heterocycles. The Labute approximate surface area is 173 Å². The zero-order valence-electron chi connectivity index (χ0n) is 15.3. The second kappa shape index (κ2) is 6.50. The molecule has 0 N–H and O–H groups in total. The van der Waals surface area contributed by atoms with Crippen molar-refractivity contribution in [3.8, 4) is 29.0 Å². The van der Waals surface area contributed by atoms with Crippen molar-refractivity contribution in [3.05, 3.63) is 70.0 Å². The van der Waals surface area contributed by atoms with E-state index in [0.717, 1.165) is 0 Å². The van der Waals surface area contributed by atoms with Crippen molar-refractivity contribution in [1.29, 1.82) is 5.26 Å². The van der Waals surface area contributed by atoms with Gasteiger partial charge < -0.3 is 9.73 Å². The first-order chi connectivity index (χ1) is 14.5. The van der Waals surface area contributed by atoms with E-state index in [-0.39, 0.29) is 33.6 Å². The Morgan fingerprint density at radius 1 is 1.23 bits per heavy atom. The second-order valence-corrected chi connectivity index (χ2v) is 6.93. The summed E-state index contributed by atoms with van der Waals surface area (Å²) in [5.74, 6) is -0.00943. The lowest BCUT2D eigenvalue weighted by molar-refractivity contribution is -0.583. The first-order valence-electron chi connectivity index (χ1n) is 8.71. The minimum atomic E-state index is -0.377. The van der Waals surface area contributed by atoms with Crippen LogP contribution in [0.1, 0.15) is 11.3 Å². The van der Waals surface area contributed by atoms with Crippen LogP contribution in [0.3, 0.4) is 0 Å². The molecule has 0 atom stereocenters. The molecule has 3 aromatic heterocycles. The molecule has 0 fully saturated rings. The second-order valence-electron chi connectivity index (χ2n) is 6.52. The zero-order chi connectivity index (χ0) is 21.0. The monoisotopic (exact) mass is 420 g/mol. The molecule has 146 valence electrons. The van der Waals surface area contributed by atoms with Crippen LogP contribution < -0.4 is 4.73 Å². The Hall–Kier alpha value is -4.03. The molecule has 0 aliphatic rings. The summed E-state index contributed by atoms with van der Waals surface area (Å²) in [6.07, 6.45) is 1.52. The third kappa shape index (κ3) is 2.51. The lowest BCUT2D eigenvalue weighted by Gasteiger charge is -2.10. The van der Waals surface area contributed by atoms with Gasteiger partial charge in [-0.25, -0.2) is 9.37 Å². The van der Waals surface area contributed by atoms with Gasteiger partial charge in [0, 0.05) is 12.5 Å². The molecule has 5 rings (SSSR count). The van der Waals surface area contributed by atoms with Crippen LogP contribution in [0.4, 0.5) is 4.39 Å². The summed E-state index contributed by atoms with van der Waals surface area (Å²) < 4.78 is 20.8. The van der Waals surface area contributed by atoms with Crippen molar-refractivity contribution in [2.75, 3.05) is 0 Å². The van der Waals surface area contributed by atoms with E-state index in [9.17, 15) is 14.9 Å². The normalized spacial score (nSPS) is 11.3. The maximum Gasteiger partial charge on any atom is 0.260 e. The van der Waals surface area contributed by atoms with E-state index in [1.54, 1.807) is 23.5 Å². The molecule has 3 heterocycles. The summed E-state index contributed by atoms with van der Waals surface area (Å²) in [4.78, 5) is 8.71. The van der Waals surface area contributed by atoms with E-state index in [4.69, 9.17) is 16.1 Å². The van der Waals surface area contributed by atoms with Gasteiger partial charge in [0.2, 0.25) is 11.5 Å². The fraction of sp³-hybridized carbons (Fsp3) is 0.0500. The fourth-order valence-electron chi connectivity index (χ4n) is 3.40. The Morgan fingerprint density at radius 2 is 2.00 bits per heavy atom. The summed E-state index contributed by atoms with van der Waals surface area (Å²) in [7, 11) is 0. The molecule has 0 aliphatic heterocycles. The minimum Gasteiger partial charge on any atom is -0.618 e. The molecule has 0 spiro atoms. The molecule has 5 aromatic rings. The van der Waals surface area contributed by atoms with Gasteiger partial charge in [0.25, 0.3) is 11.4 Å². The van der Waals surface area contributed by atoms with Gasteiger partial charge in [-0.15, -0.1) is 0 Å². The summed E-state index contributed by atoms with van der Waals surface area (Å²) in [6, 6.07) is 10.8. The van der Waals surface area contributed by atoms with Crippen LogP contribution in [-0.2, 0) is 0 Å². The van der Waals surface area contributed by atoms with Crippen molar-refractivity contribution in [2.45, 2.75) is 6.92 Å². The van der Waals surface area contributed by atoms with E-state index in [2.05, 4.69) is 15.1 Å². The van der Waals surface area contributed by atoms with Gasteiger partial charge in [-0.2, -0.15) is 15.0 Å². The molecular formula is C20H10ClFN6O2. The number of benzene rings is 2. The van der Waals surface area contributed by atoms with Crippen LogP contribution in [0, 0.1) is 29.3 Å². The number of hydrogen-bond donors (Lipinski definition) is 0. The molecular weight excluding hydrogens is 411 g/mol. The average molecular weight is 421 g/mol. The smallest absolute Gasteiger partial charge is 0.260 e. The first-order valence-corrected chi connectivity index (χ1v) is 9.09. The quantitative estimate of drug-likeness (QED) is 0.317. The highest BCUT2D eigenvalue weighted by Crippen LogP contribution is 2.30. The maximum absolute atomic E-state index is 13.2. The first kappa shape index (κ1) is 18.0. The van der Waals surface area contributed by atoms with Crippen molar-refractivity contribution in [3.63, 3.8) is 0 Å². The summed E-state index contributed by atoms with van der Waals surface area (Å²) >= 11 is 6.10. The summed E-state index contributed by atoms with van der Waals surface area (Å²) in [6.45, 7) is 1.61. The number of imidazole rings is 1. The Bertz CT molecular complexity index is 1500. The lowest BCUT2D eigenvalue weighted by atomic mass is 10.1. The Morgan fingerprint density at radius 3 is 2.73 bits per heavy atom. The zero-order valence-corrected chi connectivity index (χ0v) is 16.1. The van der Waals surface area contributed by atoms with E-state index in [1.807, 2.05) is 6.07 Å². The third-order valence-corrected chi connectivity index (χ3v) is 5.14. The number of nitriles is 1. The summed E-state index contributed by atoms with van der Waals surface area (Å²) in [5, 5.41) is 26.6. The largest absolute Gasteiger partial charge is 0.618 e. The number of halogens is 2. The average Bonchev–Trinajstić information content (AvgIpc) is 3.39. The highest BCUT2D eigenvalue weighted by molar-refractivity contribution is 6.32. The molecule has 0 radical (unpaired) electrons. The van der Waals surface area contributed by atoms with Crippen molar-refractivity contribution < 1.29 is 13.6 Å². The fourth-order valence-corrected chi connectivity index (χ4v) is 3.59. The molecule has 10 heteroatoms. The van der Waals surface area contributed by atoms with Crippen LogP contribution in [0.5, 0.6) is 0 Å². The topological polar surface area (TPSA) is 107 Å². The van der Waals surface area contributed by atoms with Gasteiger partial charge in [-0.3, -0.25) is 4.40 Å². The number of aromatic nitrogens is 5. The molecule has 0 amide bonds. The van der Waals surface area contributed by atoms with Gasteiger partial charge in [-0.1, -0.05) is 16.8 Å². The lowest BCUT2D eigenvalue weighted by Crippen LogP contribution is -2.33. The standard InChI is InChI=1S/C20H10ClFN6O2/c1-10-17-16(19-25-20(30-26-19)11-2-4-12(22)5-3-11)24-9-27(17)15-7-6-14(21)13(8-23)18(15)28(10)29/h2-7,9H,1H3. The predicted molar refractivity (Wildman–Crippen MR) is 105 cm³/mol. The van der Waals surface area contributed by atoms with E-state index in [1.165, 1.54) is 30.6 Å². The molecule has 0 bridgehead atoms. The number of fused-ring (bicyclic) bond motifs is 3. The van der Waals surface area contributed by atoms with Gasteiger partial charge in [0.1, 0.15) is 40.5 Å². The minimum absolute atomic E-state index is 0.0857. The van der Waals surface area contributed by atoms with Crippen LogP contribution >= 0.6 is 11.6 Å². The van der Waals surface area contributed by atoms with Crippen LogP contribution in [0.25, 0.3) is 39.5 Å². The van der Waals surface area contributed by atoms with E-state index >= 15 is 0 Å². The van der Waals surface area contributed by atoms with Crippen LogP contribution in [0.15, 0.2) is 47.2 Å². The van der Waals surface area contributed by atoms with Crippen molar-refractivity contribution in [2.24, 2.45) is 0 Å². The number of rotatable bonds is 2. The van der Waals surface area contributed by atoms with Gasteiger partial charge >= 0.3 is 0 Å². The number of hydrogen-bond acceptors (Lipinski definition) is 6. The van der Waals surface area contributed by atoms with Crippen molar-refractivity contribution in [1.82, 2.24) is 19.5 Å². The molecule has 0 unspecified atom stereocenters. The maximum atomic E-state index is 13.2. The molecule has 0 saturated carbocycles. The number of nitrogens with zero attached hydrogens (tertiary/aromatic N) is 6. The number of aryl methyl sites for hydroxylation is 1. The van der Waals surface area contributed by atoms with Gasteiger partial charge in [0.05, 0.1) is 5.02 Å². The highest BCUT2D eigenvalue weighted by atomic mass is 35.5. The molecule has 2 aromatic carbocycles. The Balaban J connectivity index is 1.75. The van der Waals surface area contributed by atoms with Crippen LogP contribution in [-0.4, -0.2) is 19.5 Å². The Kier molecular flexibility index (Phi) is 3.91. The van der Waals surface area contributed by atoms with Gasteiger partial charge in [0.15, 0.2) is 0 Å².